The molecule has 0 aliphatic carbocycles. The minimum atomic E-state index is -0.387. The van der Waals surface area contributed by atoms with Gasteiger partial charge >= 0.3 is 0 Å². The molecule has 0 aliphatic heterocycles. The Kier molecular flexibility index (Phi) is 3.89. The Morgan fingerprint density at radius 1 is 1.08 bits per heavy atom. The third kappa shape index (κ3) is 3.14. The summed E-state index contributed by atoms with van der Waals surface area (Å²) in [6, 6.07) is 13.0. The standard InChI is InChI=1S/C19H14FN5O/c1-25-11-17(23-24-25)13-2-3-14-10-21-18(9-15(14)8-13)22-19(26)12-4-6-16(20)7-5-12/h2-11H,1H3,(H,21,22,26). The van der Waals surface area contributed by atoms with E-state index in [0.717, 1.165) is 22.0 Å². The minimum Gasteiger partial charge on any atom is -0.307 e. The number of benzene rings is 2. The van der Waals surface area contributed by atoms with Gasteiger partial charge in [-0.15, -0.1) is 5.10 Å². The van der Waals surface area contributed by atoms with Crippen molar-refractivity contribution in [2.75, 3.05) is 5.32 Å². The molecule has 0 radical (unpaired) electrons. The van der Waals surface area contributed by atoms with Crippen molar-refractivity contribution >= 4 is 22.5 Å². The fourth-order valence-corrected chi connectivity index (χ4v) is 2.64. The molecule has 0 atom stereocenters. The van der Waals surface area contributed by atoms with Crippen LogP contribution < -0.4 is 5.32 Å². The summed E-state index contributed by atoms with van der Waals surface area (Å²) in [5, 5.41) is 12.6. The van der Waals surface area contributed by atoms with Crippen molar-refractivity contribution in [1.29, 1.82) is 0 Å². The van der Waals surface area contributed by atoms with E-state index in [1.807, 2.05) is 31.4 Å². The van der Waals surface area contributed by atoms with Crippen LogP contribution in [0.15, 0.2) is 60.9 Å². The van der Waals surface area contributed by atoms with Crippen LogP contribution in [0.2, 0.25) is 0 Å². The second kappa shape index (κ2) is 6.36. The summed E-state index contributed by atoms with van der Waals surface area (Å²) in [4.78, 5) is 16.5. The van der Waals surface area contributed by atoms with Gasteiger partial charge in [0.2, 0.25) is 0 Å². The number of nitrogens with one attached hydrogen (secondary N) is 1. The lowest BCUT2D eigenvalue weighted by molar-refractivity contribution is 0.102. The summed E-state index contributed by atoms with van der Waals surface area (Å²) < 4.78 is 14.6. The van der Waals surface area contributed by atoms with Crippen molar-refractivity contribution < 1.29 is 9.18 Å². The lowest BCUT2D eigenvalue weighted by Gasteiger charge is -2.07. The van der Waals surface area contributed by atoms with Gasteiger partial charge in [0.15, 0.2) is 0 Å². The molecule has 128 valence electrons. The predicted molar refractivity (Wildman–Crippen MR) is 96.1 cm³/mol. The summed E-state index contributed by atoms with van der Waals surface area (Å²) in [5.41, 5.74) is 2.05. The molecule has 1 N–H and O–H groups in total. The first kappa shape index (κ1) is 15.9. The van der Waals surface area contributed by atoms with Gasteiger partial charge in [0.25, 0.3) is 5.91 Å². The number of pyridine rings is 1. The van der Waals surface area contributed by atoms with Gasteiger partial charge in [-0.2, -0.15) is 0 Å². The highest BCUT2D eigenvalue weighted by atomic mass is 19.1. The number of carbonyl (C=O) groups is 1. The number of rotatable bonds is 3. The first-order valence-electron chi connectivity index (χ1n) is 7.92. The van der Waals surface area contributed by atoms with Crippen molar-refractivity contribution in [1.82, 2.24) is 20.0 Å². The van der Waals surface area contributed by atoms with E-state index in [4.69, 9.17) is 0 Å². The Hall–Kier alpha value is -3.61. The summed E-state index contributed by atoms with van der Waals surface area (Å²) in [5.74, 6) is -0.313. The van der Waals surface area contributed by atoms with Crippen molar-refractivity contribution in [3.8, 4) is 11.3 Å². The molecule has 4 rings (SSSR count). The van der Waals surface area contributed by atoms with Gasteiger partial charge in [0.05, 0.1) is 6.20 Å². The zero-order valence-electron chi connectivity index (χ0n) is 13.8. The van der Waals surface area contributed by atoms with Crippen LogP contribution in [0.3, 0.4) is 0 Å². The molecule has 0 saturated heterocycles. The molecular formula is C19H14FN5O. The lowest BCUT2D eigenvalue weighted by atomic mass is 10.1. The van der Waals surface area contributed by atoms with Crippen LogP contribution in [0.4, 0.5) is 10.2 Å². The number of halogens is 1. The van der Waals surface area contributed by atoms with E-state index in [-0.39, 0.29) is 11.7 Å². The third-order valence-corrected chi connectivity index (χ3v) is 3.97. The number of amides is 1. The number of hydrogen-bond donors (Lipinski definition) is 1. The molecule has 2 aromatic heterocycles. The summed E-state index contributed by atoms with van der Waals surface area (Å²) >= 11 is 0. The molecule has 0 spiro atoms. The maximum atomic E-state index is 13.0. The fraction of sp³-hybridized carbons (Fsp3) is 0.0526. The monoisotopic (exact) mass is 347 g/mol. The van der Waals surface area contributed by atoms with Crippen molar-refractivity contribution in [3.05, 3.63) is 72.3 Å². The van der Waals surface area contributed by atoms with Gasteiger partial charge in [-0.25, -0.2) is 9.37 Å². The van der Waals surface area contributed by atoms with Crippen LogP contribution in [0.25, 0.3) is 22.0 Å². The van der Waals surface area contributed by atoms with E-state index in [2.05, 4.69) is 20.6 Å². The Morgan fingerprint density at radius 2 is 1.88 bits per heavy atom. The molecule has 0 bridgehead atoms. The van der Waals surface area contributed by atoms with Crippen molar-refractivity contribution in [2.24, 2.45) is 7.05 Å². The Bertz CT molecular complexity index is 1100. The van der Waals surface area contributed by atoms with Crippen LogP contribution in [0, 0.1) is 5.82 Å². The number of nitrogens with zero attached hydrogens (tertiary/aromatic N) is 4. The van der Waals surface area contributed by atoms with E-state index in [9.17, 15) is 9.18 Å². The first-order valence-corrected chi connectivity index (χ1v) is 7.92. The topological polar surface area (TPSA) is 72.7 Å². The van der Waals surface area contributed by atoms with Gasteiger partial charge < -0.3 is 5.32 Å². The van der Waals surface area contributed by atoms with Gasteiger partial charge in [-0.3, -0.25) is 9.48 Å². The summed E-state index contributed by atoms with van der Waals surface area (Å²) in [6.45, 7) is 0. The molecule has 6 nitrogen and oxygen atoms in total. The normalized spacial score (nSPS) is 10.8. The maximum Gasteiger partial charge on any atom is 0.256 e. The second-order valence-electron chi connectivity index (χ2n) is 5.87. The van der Waals surface area contributed by atoms with E-state index in [0.29, 0.717) is 11.4 Å². The molecule has 2 heterocycles. The van der Waals surface area contributed by atoms with E-state index in [1.54, 1.807) is 16.9 Å². The van der Waals surface area contributed by atoms with Gasteiger partial charge in [0.1, 0.15) is 17.3 Å². The zero-order chi connectivity index (χ0) is 18.1. The average molecular weight is 347 g/mol. The fourth-order valence-electron chi connectivity index (χ4n) is 2.64. The Balaban J connectivity index is 1.63. The highest BCUT2D eigenvalue weighted by Gasteiger charge is 2.09. The van der Waals surface area contributed by atoms with Gasteiger partial charge in [-0.1, -0.05) is 17.3 Å². The third-order valence-electron chi connectivity index (χ3n) is 3.97. The SMILES string of the molecule is Cn1cc(-c2ccc3cnc(NC(=O)c4ccc(F)cc4)cc3c2)nn1. The minimum absolute atomic E-state index is 0.345. The molecule has 0 unspecified atom stereocenters. The van der Waals surface area contributed by atoms with Crippen LogP contribution in [-0.2, 0) is 7.05 Å². The van der Waals surface area contributed by atoms with Crippen LogP contribution in [-0.4, -0.2) is 25.9 Å². The second-order valence-corrected chi connectivity index (χ2v) is 5.87. The smallest absolute Gasteiger partial charge is 0.256 e. The number of anilines is 1. The zero-order valence-corrected chi connectivity index (χ0v) is 13.8. The number of fused-ring (bicyclic) bond motifs is 1. The summed E-state index contributed by atoms with van der Waals surface area (Å²) in [7, 11) is 1.81. The molecule has 26 heavy (non-hydrogen) atoms. The van der Waals surface area contributed by atoms with Crippen LogP contribution >= 0.6 is 0 Å². The quantitative estimate of drug-likeness (QED) is 0.616. The van der Waals surface area contributed by atoms with E-state index >= 15 is 0 Å². The predicted octanol–water partition coefficient (Wildman–Crippen LogP) is 3.42. The Labute approximate surface area is 148 Å². The summed E-state index contributed by atoms with van der Waals surface area (Å²) in [6.07, 6.45) is 3.52. The number of hydrogen-bond acceptors (Lipinski definition) is 4. The number of aryl methyl sites for hydroxylation is 1. The average Bonchev–Trinajstić information content (AvgIpc) is 3.08. The van der Waals surface area contributed by atoms with Gasteiger partial charge in [0, 0.05) is 29.8 Å². The molecule has 0 fully saturated rings. The molecule has 4 aromatic rings. The van der Waals surface area contributed by atoms with Crippen LogP contribution in [0.5, 0.6) is 0 Å². The lowest BCUT2D eigenvalue weighted by Crippen LogP contribution is -2.12. The molecular weight excluding hydrogens is 333 g/mol. The Morgan fingerprint density at radius 3 is 2.62 bits per heavy atom. The van der Waals surface area contributed by atoms with E-state index in [1.165, 1.54) is 24.3 Å². The molecule has 0 aliphatic rings. The van der Waals surface area contributed by atoms with Crippen molar-refractivity contribution in [3.63, 3.8) is 0 Å². The molecule has 7 heteroatoms. The first-order chi connectivity index (χ1) is 12.6. The van der Waals surface area contributed by atoms with E-state index < -0.39 is 0 Å². The maximum absolute atomic E-state index is 13.0. The number of carbonyl (C=O) groups excluding carboxylic acids is 1. The highest BCUT2D eigenvalue weighted by molar-refractivity contribution is 6.04. The molecule has 1 amide bonds. The number of aromatic nitrogens is 4. The highest BCUT2D eigenvalue weighted by Crippen LogP contribution is 2.24. The van der Waals surface area contributed by atoms with Gasteiger partial charge in [-0.05, 0) is 41.8 Å². The molecule has 0 saturated carbocycles. The van der Waals surface area contributed by atoms with Crippen LogP contribution in [0.1, 0.15) is 10.4 Å². The van der Waals surface area contributed by atoms with Crippen molar-refractivity contribution in [2.45, 2.75) is 0 Å². The molecule has 2 aromatic carbocycles. The largest absolute Gasteiger partial charge is 0.307 e.